The maximum absolute atomic E-state index is 12.9. The van der Waals surface area contributed by atoms with E-state index < -0.39 is 0 Å². The van der Waals surface area contributed by atoms with Gasteiger partial charge in [0.05, 0.1) is 6.54 Å². The van der Waals surface area contributed by atoms with E-state index in [9.17, 15) is 4.79 Å². The standard InChI is InChI=1S/C22H23N2O/c1-22(2)13-20-19(21(25)14-22)15-23(17-9-5-3-6-10-17)16-24(20)18-11-7-4-8-12-18/h3-12,16H,13-15H2,1-2H3. The number of ketones is 1. The summed E-state index contributed by atoms with van der Waals surface area (Å²) in [5.41, 5.74) is 4.31. The molecule has 2 aromatic carbocycles. The second kappa shape index (κ2) is 6.07. The quantitative estimate of drug-likeness (QED) is 0.791. The van der Waals surface area contributed by atoms with Crippen molar-refractivity contribution < 1.29 is 4.79 Å². The van der Waals surface area contributed by atoms with Crippen LogP contribution in [0.3, 0.4) is 0 Å². The lowest BCUT2D eigenvalue weighted by Crippen LogP contribution is -2.45. The van der Waals surface area contributed by atoms with Gasteiger partial charge in [0.1, 0.15) is 6.67 Å². The van der Waals surface area contributed by atoms with E-state index in [1.807, 2.05) is 36.4 Å². The molecule has 1 heterocycles. The molecule has 1 aliphatic heterocycles. The van der Waals surface area contributed by atoms with Crippen LogP contribution in [0.2, 0.25) is 0 Å². The Kier molecular flexibility index (Phi) is 3.87. The zero-order valence-corrected chi connectivity index (χ0v) is 14.8. The summed E-state index contributed by atoms with van der Waals surface area (Å²) in [6.45, 7) is 7.15. The number of allylic oxidation sites excluding steroid dienone is 1. The van der Waals surface area contributed by atoms with Crippen LogP contribution >= 0.6 is 0 Å². The minimum atomic E-state index is 0.00566. The van der Waals surface area contributed by atoms with Gasteiger partial charge in [0, 0.05) is 29.1 Å². The Labute approximate surface area is 149 Å². The molecule has 0 aromatic heterocycles. The van der Waals surface area contributed by atoms with Crippen molar-refractivity contribution in [1.82, 2.24) is 0 Å². The van der Waals surface area contributed by atoms with E-state index in [1.54, 1.807) is 0 Å². The Hall–Kier alpha value is -2.55. The fourth-order valence-corrected chi connectivity index (χ4v) is 3.74. The maximum Gasteiger partial charge on any atom is 0.162 e. The summed E-state index contributed by atoms with van der Waals surface area (Å²) in [6.07, 6.45) is 1.54. The van der Waals surface area contributed by atoms with Crippen molar-refractivity contribution in [2.45, 2.75) is 26.7 Å². The Balaban J connectivity index is 1.79. The van der Waals surface area contributed by atoms with Gasteiger partial charge in [0.2, 0.25) is 0 Å². The molecule has 3 nitrogen and oxygen atoms in total. The van der Waals surface area contributed by atoms with E-state index in [0.717, 1.165) is 29.1 Å². The molecule has 2 aliphatic rings. The maximum atomic E-state index is 12.9. The van der Waals surface area contributed by atoms with Crippen LogP contribution in [0.15, 0.2) is 71.9 Å². The van der Waals surface area contributed by atoms with Crippen molar-refractivity contribution in [2.24, 2.45) is 5.41 Å². The van der Waals surface area contributed by atoms with Gasteiger partial charge >= 0.3 is 0 Å². The number of carbonyl (C=O) groups is 1. The van der Waals surface area contributed by atoms with E-state index in [1.165, 1.54) is 0 Å². The second-order valence-corrected chi connectivity index (χ2v) is 7.65. The fraction of sp³-hybridized carbons (Fsp3) is 0.273. The third-order valence-corrected chi connectivity index (χ3v) is 4.97. The van der Waals surface area contributed by atoms with Gasteiger partial charge in [-0.3, -0.25) is 4.79 Å². The van der Waals surface area contributed by atoms with Gasteiger partial charge in [-0.2, -0.15) is 0 Å². The third-order valence-electron chi connectivity index (χ3n) is 4.97. The minimum absolute atomic E-state index is 0.00566. The minimum Gasteiger partial charge on any atom is -0.343 e. The normalized spacial score (nSPS) is 19.8. The largest absolute Gasteiger partial charge is 0.343 e. The van der Waals surface area contributed by atoms with Crippen LogP contribution in [-0.2, 0) is 4.79 Å². The molecule has 0 saturated heterocycles. The van der Waals surface area contributed by atoms with E-state index in [0.29, 0.717) is 13.0 Å². The Morgan fingerprint density at radius 1 is 0.840 bits per heavy atom. The van der Waals surface area contributed by atoms with E-state index in [4.69, 9.17) is 0 Å². The number of hydrogen-bond acceptors (Lipinski definition) is 3. The molecule has 0 amide bonds. The van der Waals surface area contributed by atoms with Crippen molar-refractivity contribution in [2.75, 3.05) is 16.3 Å². The lowest BCUT2D eigenvalue weighted by Gasteiger charge is -2.45. The predicted octanol–water partition coefficient (Wildman–Crippen LogP) is 4.78. The zero-order valence-electron chi connectivity index (χ0n) is 14.8. The number of para-hydroxylation sites is 2. The summed E-state index contributed by atoms with van der Waals surface area (Å²) in [7, 11) is 0. The molecule has 1 aliphatic carbocycles. The SMILES string of the molecule is CC1(C)CC(=O)C2=C(C1)N(c1ccccc1)[CH]N(c1ccccc1)C2. The summed E-state index contributed by atoms with van der Waals surface area (Å²) in [4.78, 5) is 17.2. The summed E-state index contributed by atoms with van der Waals surface area (Å²) in [5, 5.41) is 0. The van der Waals surface area contributed by atoms with Crippen LogP contribution in [-0.4, -0.2) is 12.3 Å². The molecular formula is C22H23N2O. The van der Waals surface area contributed by atoms with Crippen LogP contribution in [0.4, 0.5) is 11.4 Å². The monoisotopic (exact) mass is 331 g/mol. The van der Waals surface area contributed by atoms with Gasteiger partial charge in [-0.05, 0) is 36.1 Å². The molecule has 1 radical (unpaired) electrons. The van der Waals surface area contributed by atoms with Crippen molar-refractivity contribution in [3.8, 4) is 0 Å². The van der Waals surface area contributed by atoms with Gasteiger partial charge in [-0.1, -0.05) is 50.2 Å². The topological polar surface area (TPSA) is 23.6 Å². The molecular weight excluding hydrogens is 308 g/mol. The number of nitrogens with zero attached hydrogens (tertiary/aromatic N) is 2. The van der Waals surface area contributed by atoms with Gasteiger partial charge in [-0.25, -0.2) is 0 Å². The molecule has 0 unspecified atom stereocenters. The van der Waals surface area contributed by atoms with Crippen molar-refractivity contribution in [3.63, 3.8) is 0 Å². The Morgan fingerprint density at radius 2 is 1.44 bits per heavy atom. The fourth-order valence-electron chi connectivity index (χ4n) is 3.74. The molecule has 127 valence electrons. The molecule has 4 rings (SSSR count). The van der Waals surface area contributed by atoms with Crippen LogP contribution in [0.1, 0.15) is 26.7 Å². The number of carbonyl (C=O) groups excluding carboxylic acids is 1. The van der Waals surface area contributed by atoms with Gasteiger partial charge in [-0.15, -0.1) is 0 Å². The third kappa shape index (κ3) is 3.07. The first-order valence-corrected chi connectivity index (χ1v) is 8.80. The van der Waals surface area contributed by atoms with E-state index >= 15 is 0 Å². The smallest absolute Gasteiger partial charge is 0.162 e. The Bertz CT molecular complexity index is 808. The highest BCUT2D eigenvalue weighted by Gasteiger charge is 2.39. The Morgan fingerprint density at radius 3 is 2.08 bits per heavy atom. The highest BCUT2D eigenvalue weighted by atomic mass is 16.1. The summed E-state index contributed by atoms with van der Waals surface area (Å²) >= 11 is 0. The van der Waals surface area contributed by atoms with Crippen LogP contribution in [0, 0.1) is 12.1 Å². The van der Waals surface area contributed by atoms with Gasteiger partial charge < -0.3 is 9.80 Å². The molecule has 0 saturated carbocycles. The molecule has 0 spiro atoms. The molecule has 25 heavy (non-hydrogen) atoms. The van der Waals surface area contributed by atoms with E-state index in [2.05, 4.69) is 54.6 Å². The number of Topliss-reactive ketones (excluding diaryl/α,β-unsaturated/α-hetero) is 1. The van der Waals surface area contributed by atoms with Crippen LogP contribution in [0.25, 0.3) is 0 Å². The second-order valence-electron chi connectivity index (χ2n) is 7.65. The highest BCUT2D eigenvalue weighted by molar-refractivity contribution is 6.00. The van der Waals surface area contributed by atoms with Gasteiger partial charge in [0.15, 0.2) is 5.78 Å². The average molecular weight is 331 g/mol. The van der Waals surface area contributed by atoms with Crippen molar-refractivity contribution in [3.05, 3.63) is 78.6 Å². The number of anilines is 2. The number of rotatable bonds is 2. The van der Waals surface area contributed by atoms with Crippen molar-refractivity contribution >= 4 is 17.2 Å². The first-order valence-electron chi connectivity index (χ1n) is 8.80. The lowest BCUT2D eigenvalue weighted by molar-refractivity contribution is -0.118. The lowest BCUT2D eigenvalue weighted by atomic mass is 9.74. The first-order chi connectivity index (χ1) is 12.0. The molecule has 2 aromatic rings. The molecule has 3 heteroatoms. The zero-order chi connectivity index (χ0) is 17.4. The molecule has 0 atom stereocenters. The predicted molar refractivity (Wildman–Crippen MR) is 102 cm³/mol. The first kappa shape index (κ1) is 15.9. The molecule has 0 N–H and O–H groups in total. The average Bonchev–Trinajstić information content (AvgIpc) is 2.62. The van der Waals surface area contributed by atoms with Crippen LogP contribution in [0.5, 0.6) is 0 Å². The summed E-state index contributed by atoms with van der Waals surface area (Å²) in [5.74, 6) is 0.279. The number of benzene rings is 2. The summed E-state index contributed by atoms with van der Waals surface area (Å²) in [6, 6.07) is 20.6. The molecule has 0 bridgehead atoms. The van der Waals surface area contributed by atoms with Crippen molar-refractivity contribution in [1.29, 1.82) is 0 Å². The highest BCUT2D eigenvalue weighted by Crippen LogP contribution is 2.43. The number of hydrogen-bond donors (Lipinski definition) is 0. The molecule has 0 fully saturated rings. The van der Waals surface area contributed by atoms with Gasteiger partial charge in [0.25, 0.3) is 0 Å². The van der Waals surface area contributed by atoms with Crippen LogP contribution < -0.4 is 9.80 Å². The summed E-state index contributed by atoms with van der Waals surface area (Å²) < 4.78 is 0. The van der Waals surface area contributed by atoms with E-state index in [-0.39, 0.29) is 11.2 Å².